The van der Waals surface area contributed by atoms with E-state index >= 15 is 0 Å². The second-order valence-electron chi connectivity index (χ2n) is 6.32. The van der Waals surface area contributed by atoms with Crippen molar-refractivity contribution >= 4 is 5.82 Å². The van der Waals surface area contributed by atoms with Gasteiger partial charge in [0.15, 0.2) is 0 Å². The molecule has 1 atom stereocenters. The van der Waals surface area contributed by atoms with E-state index < -0.39 is 0 Å². The number of hydrogen-bond donors (Lipinski definition) is 1. The molecule has 2 aromatic rings. The molecular formula is C19H26N4. The van der Waals surface area contributed by atoms with Crippen LogP contribution >= 0.6 is 0 Å². The van der Waals surface area contributed by atoms with Gasteiger partial charge in [-0.15, -0.1) is 0 Å². The first kappa shape index (κ1) is 16.0. The number of benzene rings is 1. The summed E-state index contributed by atoms with van der Waals surface area (Å²) in [5.41, 5.74) is 1.41. The standard InChI is InChI=1S/C19H26N4/c1-17(21-19-9-5-6-10-20-19)15-22-11-13-23(14-12-22)16-18-7-3-2-4-8-18/h2-10,17H,11-16H2,1H3,(H,20,21)/t17-/m1/s1. The highest BCUT2D eigenvalue weighted by atomic mass is 15.3. The Hall–Kier alpha value is -1.91. The smallest absolute Gasteiger partial charge is 0.126 e. The van der Waals surface area contributed by atoms with E-state index in [1.807, 2.05) is 24.4 Å². The Morgan fingerprint density at radius 2 is 1.65 bits per heavy atom. The van der Waals surface area contributed by atoms with Crippen molar-refractivity contribution in [1.82, 2.24) is 14.8 Å². The third-order valence-electron chi connectivity index (χ3n) is 4.31. The van der Waals surface area contributed by atoms with E-state index in [2.05, 4.69) is 57.4 Å². The summed E-state index contributed by atoms with van der Waals surface area (Å²) in [6.07, 6.45) is 1.83. The summed E-state index contributed by atoms with van der Waals surface area (Å²) < 4.78 is 0. The lowest BCUT2D eigenvalue weighted by Crippen LogP contribution is -2.48. The fourth-order valence-corrected chi connectivity index (χ4v) is 3.11. The van der Waals surface area contributed by atoms with Gasteiger partial charge in [0.2, 0.25) is 0 Å². The number of anilines is 1. The molecule has 0 spiro atoms. The van der Waals surface area contributed by atoms with Crippen molar-refractivity contribution in [3.63, 3.8) is 0 Å². The summed E-state index contributed by atoms with van der Waals surface area (Å²) >= 11 is 0. The van der Waals surface area contributed by atoms with Crippen molar-refractivity contribution in [2.45, 2.75) is 19.5 Å². The molecule has 23 heavy (non-hydrogen) atoms. The van der Waals surface area contributed by atoms with Crippen molar-refractivity contribution < 1.29 is 0 Å². The summed E-state index contributed by atoms with van der Waals surface area (Å²) in [6, 6.07) is 17.1. The summed E-state index contributed by atoms with van der Waals surface area (Å²) in [6.45, 7) is 8.93. The molecule has 0 unspecified atom stereocenters. The number of pyridine rings is 1. The summed E-state index contributed by atoms with van der Waals surface area (Å²) in [4.78, 5) is 9.42. The minimum Gasteiger partial charge on any atom is -0.366 e. The van der Waals surface area contributed by atoms with Gasteiger partial charge in [-0.25, -0.2) is 4.98 Å². The minimum atomic E-state index is 0.408. The fourth-order valence-electron chi connectivity index (χ4n) is 3.11. The zero-order valence-electron chi connectivity index (χ0n) is 13.9. The monoisotopic (exact) mass is 310 g/mol. The second-order valence-corrected chi connectivity index (χ2v) is 6.32. The van der Waals surface area contributed by atoms with Crippen molar-refractivity contribution in [2.24, 2.45) is 0 Å². The number of rotatable bonds is 6. The molecule has 122 valence electrons. The van der Waals surface area contributed by atoms with Crippen LogP contribution in [0, 0.1) is 0 Å². The van der Waals surface area contributed by atoms with E-state index in [4.69, 9.17) is 0 Å². The largest absolute Gasteiger partial charge is 0.366 e. The summed E-state index contributed by atoms with van der Waals surface area (Å²) in [7, 11) is 0. The zero-order valence-corrected chi connectivity index (χ0v) is 13.9. The van der Waals surface area contributed by atoms with Gasteiger partial charge in [-0.05, 0) is 24.6 Å². The summed E-state index contributed by atoms with van der Waals surface area (Å²) in [5.74, 6) is 0.961. The molecule has 1 saturated heterocycles. The Balaban J connectivity index is 1.40. The Labute approximate surface area is 139 Å². The third-order valence-corrected chi connectivity index (χ3v) is 4.31. The molecule has 0 saturated carbocycles. The maximum Gasteiger partial charge on any atom is 0.126 e. The predicted molar refractivity (Wildman–Crippen MR) is 95.5 cm³/mol. The Bertz CT molecular complexity index is 564. The normalized spacial score (nSPS) is 17.8. The number of aromatic nitrogens is 1. The quantitative estimate of drug-likeness (QED) is 0.889. The molecule has 1 aliphatic rings. The molecule has 4 heteroatoms. The Kier molecular flexibility index (Phi) is 5.61. The topological polar surface area (TPSA) is 31.4 Å². The molecule has 1 fully saturated rings. The van der Waals surface area contributed by atoms with Gasteiger partial charge in [0.25, 0.3) is 0 Å². The molecule has 0 aliphatic carbocycles. The van der Waals surface area contributed by atoms with Gasteiger partial charge in [0, 0.05) is 51.5 Å². The molecule has 1 aromatic carbocycles. The van der Waals surface area contributed by atoms with Gasteiger partial charge in [-0.3, -0.25) is 9.80 Å². The van der Waals surface area contributed by atoms with Crippen molar-refractivity contribution in [3.05, 3.63) is 60.3 Å². The lowest BCUT2D eigenvalue weighted by atomic mass is 10.2. The van der Waals surface area contributed by atoms with Gasteiger partial charge in [-0.2, -0.15) is 0 Å². The van der Waals surface area contributed by atoms with Crippen LogP contribution < -0.4 is 5.32 Å². The number of piperazine rings is 1. The lowest BCUT2D eigenvalue weighted by Gasteiger charge is -2.36. The van der Waals surface area contributed by atoms with Crippen LogP contribution in [-0.4, -0.2) is 53.5 Å². The van der Waals surface area contributed by atoms with Crippen molar-refractivity contribution in [3.8, 4) is 0 Å². The highest BCUT2D eigenvalue weighted by Gasteiger charge is 2.18. The highest BCUT2D eigenvalue weighted by molar-refractivity contribution is 5.34. The molecule has 1 N–H and O–H groups in total. The van der Waals surface area contributed by atoms with Crippen LogP contribution in [0.5, 0.6) is 0 Å². The Morgan fingerprint density at radius 3 is 2.35 bits per heavy atom. The second kappa shape index (κ2) is 8.09. The Morgan fingerprint density at radius 1 is 0.957 bits per heavy atom. The molecule has 0 radical (unpaired) electrons. The first-order valence-electron chi connectivity index (χ1n) is 8.46. The van der Waals surface area contributed by atoms with Crippen molar-refractivity contribution in [2.75, 3.05) is 38.0 Å². The van der Waals surface area contributed by atoms with Gasteiger partial charge in [-0.1, -0.05) is 36.4 Å². The van der Waals surface area contributed by atoms with Gasteiger partial charge in [0.1, 0.15) is 5.82 Å². The van der Waals surface area contributed by atoms with Gasteiger partial charge < -0.3 is 5.32 Å². The SMILES string of the molecule is C[C@H](CN1CCN(Cc2ccccc2)CC1)Nc1ccccn1. The van der Waals surface area contributed by atoms with Crippen LogP contribution in [0.25, 0.3) is 0 Å². The molecule has 4 nitrogen and oxygen atoms in total. The number of hydrogen-bond acceptors (Lipinski definition) is 4. The molecular weight excluding hydrogens is 284 g/mol. The van der Waals surface area contributed by atoms with Crippen LogP contribution in [-0.2, 0) is 6.54 Å². The van der Waals surface area contributed by atoms with Crippen LogP contribution in [0.15, 0.2) is 54.7 Å². The molecule has 0 bridgehead atoms. The van der Waals surface area contributed by atoms with Crippen LogP contribution in [0.2, 0.25) is 0 Å². The van der Waals surface area contributed by atoms with Crippen LogP contribution in [0.1, 0.15) is 12.5 Å². The average molecular weight is 310 g/mol. The molecule has 1 aromatic heterocycles. The van der Waals surface area contributed by atoms with E-state index in [1.165, 1.54) is 5.56 Å². The average Bonchev–Trinajstić information content (AvgIpc) is 2.58. The number of nitrogens with one attached hydrogen (secondary N) is 1. The van der Waals surface area contributed by atoms with E-state index in [9.17, 15) is 0 Å². The highest BCUT2D eigenvalue weighted by Crippen LogP contribution is 2.10. The minimum absolute atomic E-state index is 0.408. The zero-order chi connectivity index (χ0) is 15.9. The third kappa shape index (κ3) is 5.05. The first-order valence-corrected chi connectivity index (χ1v) is 8.46. The first-order chi connectivity index (χ1) is 11.3. The maximum atomic E-state index is 4.33. The predicted octanol–water partition coefficient (Wildman–Crippen LogP) is 2.70. The number of nitrogens with zero attached hydrogens (tertiary/aromatic N) is 3. The van der Waals surface area contributed by atoms with E-state index in [0.29, 0.717) is 6.04 Å². The van der Waals surface area contributed by atoms with Crippen LogP contribution in [0.4, 0.5) is 5.82 Å². The van der Waals surface area contributed by atoms with Crippen molar-refractivity contribution in [1.29, 1.82) is 0 Å². The summed E-state index contributed by atoms with van der Waals surface area (Å²) in [5, 5.41) is 3.47. The molecule has 1 aliphatic heterocycles. The fraction of sp³-hybridized carbons (Fsp3) is 0.421. The van der Waals surface area contributed by atoms with E-state index in [0.717, 1.165) is 45.1 Å². The molecule has 3 rings (SSSR count). The molecule has 0 amide bonds. The van der Waals surface area contributed by atoms with E-state index in [-0.39, 0.29) is 0 Å². The van der Waals surface area contributed by atoms with Gasteiger partial charge in [0.05, 0.1) is 0 Å². The van der Waals surface area contributed by atoms with Crippen LogP contribution in [0.3, 0.4) is 0 Å². The maximum absolute atomic E-state index is 4.33. The molecule has 2 heterocycles. The van der Waals surface area contributed by atoms with Gasteiger partial charge >= 0.3 is 0 Å². The van der Waals surface area contributed by atoms with E-state index in [1.54, 1.807) is 0 Å². The lowest BCUT2D eigenvalue weighted by molar-refractivity contribution is 0.125.